The van der Waals surface area contributed by atoms with E-state index in [1.165, 1.54) is 24.8 Å². The average molecular weight is 338 g/mol. The van der Waals surface area contributed by atoms with Gasteiger partial charge in [-0.15, -0.1) is 0 Å². The lowest BCUT2D eigenvalue weighted by atomic mass is 9.79. The van der Waals surface area contributed by atoms with Crippen molar-refractivity contribution in [3.05, 3.63) is 28.2 Å². The van der Waals surface area contributed by atoms with Crippen molar-refractivity contribution < 1.29 is 4.74 Å². The number of hydrogen-bond acceptors (Lipinski definition) is 2. The largest absolute Gasteiger partial charge is 0.493 e. The van der Waals surface area contributed by atoms with Crippen LogP contribution in [0.4, 0.5) is 0 Å². The maximum atomic E-state index is 5.78. The van der Waals surface area contributed by atoms with Gasteiger partial charge in [-0.3, -0.25) is 0 Å². The molecule has 1 heterocycles. The third kappa shape index (κ3) is 3.04. The first kappa shape index (κ1) is 14.4. The van der Waals surface area contributed by atoms with Crippen LogP contribution < -0.4 is 10.1 Å². The van der Waals surface area contributed by atoms with E-state index in [0.717, 1.165) is 35.1 Å². The summed E-state index contributed by atoms with van der Waals surface area (Å²) in [6.07, 6.45) is 5.09. The molecule has 2 nitrogen and oxygen atoms in total. The van der Waals surface area contributed by atoms with Gasteiger partial charge in [-0.25, -0.2) is 0 Å². The number of ether oxygens (including phenoxy) is 1. The monoisotopic (exact) mass is 337 g/mol. The Hall–Kier alpha value is -0.540. The van der Waals surface area contributed by atoms with Crippen molar-refractivity contribution in [3.63, 3.8) is 0 Å². The zero-order chi connectivity index (χ0) is 14.1. The first-order valence-electron chi connectivity index (χ1n) is 7.82. The topological polar surface area (TPSA) is 21.3 Å². The number of fused-ring (bicyclic) bond motifs is 1. The second kappa shape index (κ2) is 6.07. The predicted molar refractivity (Wildman–Crippen MR) is 86.1 cm³/mol. The molecule has 2 aliphatic rings. The number of benzene rings is 1. The molecule has 4 atom stereocenters. The number of halogens is 1. The van der Waals surface area contributed by atoms with Gasteiger partial charge in [0.1, 0.15) is 5.75 Å². The Morgan fingerprint density at radius 1 is 1.20 bits per heavy atom. The molecule has 1 saturated carbocycles. The lowest BCUT2D eigenvalue weighted by Gasteiger charge is -2.37. The minimum absolute atomic E-state index is 0.442. The summed E-state index contributed by atoms with van der Waals surface area (Å²) in [6, 6.07) is 7.45. The van der Waals surface area contributed by atoms with Gasteiger partial charge in [-0.05, 0) is 49.3 Å². The molecule has 1 aromatic carbocycles. The van der Waals surface area contributed by atoms with Crippen molar-refractivity contribution in [2.45, 2.75) is 51.6 Å². The molecule has 0 bridgehead atoms. The molecule has 1 aliphatic carbocycles. The fourth-order valence-corrected chi connectivity index (χ4v) is 4.09. The van der Waals surface area contributed by atoms with Gasteiger partial charge >= 0.3 is 0 Å². The van der Waals surface area contributed by atoms with E-state index in [9.17, 15) is 0 Å². The van der Waals surface area contributed by atoms with Crippen LogP contribution in [-0.2, 0) is 0 Å². The molecule has 0 radical (unpaired) electrons. The van der Waals surface area contributed by atoms with Crippen LogP contribution in [0.1, 0.15) is 51.1 Å². The molecule has 3 heteroatoms. The Bertz CT molecular complexity index is 476. The fraction of sp³-hybridized carbons (Fsp3) is 0.647. The van der Waals surface area contributed by atoms with Crippen molar-refractivity contribution in [3.8, 4) is 5.75 Å². The lowest BCUT2D eigenvalue weighted by molar-refractivity contribution is 0.187. The fourth-order valence-electron chi connectivity index (χ4n) is 3.71. The maximum Gasteiger partial charge on any atom is 0.124 e. The number of rotatable bonds is 2. The minimum atomic E-state index is 0.442. The lowest BCUT2D eigenvalue weighted by Crippen LogP contribution is -2.42. The Kier molecular flexibility index (Phi) is 4.37. The second-order valence-corrected chi connectivity index (χ2v) is 7.46. The highest BCUT2D eigenvalue weighted by molar-refractivity contribution is 9.10. The molecule has 20 heavy (non-hydrogen) atoms. The highest BCUT2D eigenvalue weighted by Crippen LogP contribution is 2.36. The molecular weight excluding hydrogens is 314 g/mol. The van der Waals surface area contributed by atoms with Crippen molar-refractivity contribution >= 4 is 15.9 Å². The van der Waals surface area contributed by atoms with Crippen LogP contribution in [0.25, 0.3) is 0 Å². The Labute approximate surface area is 130 Å². The first-order chi connectivity index (χ1) is 9.63. The number of hydrogen-bond donors (Lipinski definition) is 1. The summed E-state index contributed by atoms with van der Waals surface area (Å²) in [7, 11) is 0. The van der Waals surface area contributed by atoms with E-state index < -0.39 is 0 Å². The van der Waals surface area contributed by atoms with E-state index in [-0.39, 0.29) is 0 Å². The van der Waals surface area contributed by atoms with Gasteiger partial charge in [0.2, 0.25) is 0 Å². The van der Waals surface area contributed by atoms with Crippen molar-refractivity contribution in [1.82, 2.24) is 5.32 Å². The van der Waals surface area contributed by atoms with Gasteiger partial charge in [0.05, 0.1) is 6.61 Å². The van der Waals surface area contributed by atoms with E-state index in [1.54, 1.807) is 0 Å². The average Bonchev–Trinajstić information content (AvgIpc) is 2.42. The van der Waals surface area contributed by atoms with Crippen LogP contribution in [0, 0.1) is 11.8 Å². The van der Waals surface area contributed by atoms with Crippen LogP contribution in [0.2, 0.25) is 0 Å². The zero-order valence-corrected chi connectivity index (χ0v) is 13.9. The molecule has 0 spiro atoms. The molecule has 0 aromatic heterocycles. The Morgan fingerprint density at radius 2 is 2.05 bits per heavy atom. The summed E-state index contributed by atoms with van der Waals surface area (Å²) in [5, 5.41) is 3.91. The van der Waals surface area contributed by atoms with E-state index in [2.05, 4.69) is 53.3 Å². The molecule has 1 aromatic rings. The van der Waals surface area contributed by atoms with Gasteiger partial charge < -0.3 is 10.1 Å². The molecule has 1 fully saturated rings. The maximum absolute atomic E-state index is 5.78. The van der Waals surface area contributed by atoms with Crippen LogP contribution >= 0.6 is 15.9 Å². The summed E-state index contributed by atoms with van der Waals surface area (Å²) in [4.78, 5) is 0. The smallest absolute Gasteiger partial charge is 0.124 e. The molecular formula is C17H24BrNO. The summed E-state index contributed by atoms with van der Waals surface area (Å²) in [5.41, 5.74) is 1.32. The van der Waals surface area contributed by atoms with Gasteiger partial charge in [-0.1, -0.05) is 29.8 Å². The highest BCUT2D eigenvalue weighted by atomic mass is 79.9. The van der Waals surface area contributed by atoms with E-state index >= 15 is 0 Å². The molecule has 110 valence electrons. The van der Waals surface area contributed by atoms with Gasteiger partial charge in [0.15, 0.2) is 0 Å². The van der Waals surface area contributed by atoms with Gasteiger partial charge in [0, 0.05) is 28.5 Å². The van der Waals surface area contributed by atoms with Crippen molar-refractivity contribution in [2.24, 2.45) is 11.8 Å². The molecule has 3 rings (SSSR count). The summed E-state index contributed by atoms with van der Waals surface area (Å²) in [5.74, 6) is 2.71. The molecule has 1 aliphatic heterocycles. The van der Waals surface area contributed by atoms with E-state index in [0.29, 0.717) is 12.1 Å². The van der Waals surface area contributed by atoms with E-state index in [4.69, 9.17) is 4.74 Å². The second-order valence-electron chi connectivity index (χ2n) is 6.54. The number of nitrogens with one attached hydrogen (secondary N) is 1. The summed E-state index contributed by atoms with van der Waals surface area (Å²) < 4.78 is 6.92. The predicted octanol–water partition coefficient (Wildman–Crippen LogP) is 4.69. The normalized spacial score (nSPS) is 33.4. The molecule has 1 N–H and O–H groups in total. The Balaban J connectivity index is 1.74. The SMILES string of the molecule is CC1CCC(NC2CCOc3ccc(Br)cc32)C(C)C1. The van der Waals surface area contributed by atoms with E-state index in [1.807, 2.05) is 0 Å². The van der Waals surface area contributed by atoms with Crippen LogP contribution in [0.5, 0.6) is 5.75 Å². The molecule has 0 saturated heterocycles. The first-order valence-corrected chi connectivity index (χ1v) is 8.61. The summed E-state index contributed by atoms with van der Waals surface area (Å²) in [6.45, 7) is 5.60. The van der Waals surface area contributed by atoms with Gasteiger partial charge in [-0.2, -0.15) is 0 Å². The van der Waals surface area contributed by atoms with Gasteiger partial charge in [0.25, 0.3) is 0 Å². The molecule has 0 amide bonds. The third-order valence-corrected chi connectivity index (χ3v) is 5.35. The quantitative estimate of drug-likeness (QED) is 0.845. The van der Waals surface area contributed by atoms with Crippen molar-refractivity contribution in [1.29, 1.82) is 0 Å². The third-order valence-electron chi connectivity index (χ3n) is 4.86. The minimum Gasteiger partial charge on any atom is -0.493 e. The van der Waals surface area contributed by atoms with Crippen molar-refractivity contribution in [2.75, 3.05) is 6.61 Å². The molecule has 4 unspecified atom stereocenters. The highest BCUT2D eigenvalue weighted by Gasteiger charge is 2.29. The zero-order valence-electron chi connectivity index (χ0n) is 12.4. The van der Waals surface area contributed by atoms with Crippen LogP contribution in [0.3, 0.4) is 0 Å². The Morgan fingerprint density at radius 3 is 2.85 bits per heavy atom. The summed E-state index contributed by atoms with van der Waals surface area (Å²) >= 11 is 3.58. The standard InChI is InChI=1S/C17H24BrNO/c1-11-3-5-15(12(2)9-11)19-16-7-8-20-17-6-4-13(18)10-14(16)17/h4,6,10-12,15-16,19H,3,5,7-9H2,1-2H3. The van der Waals surface area contributed by atoms with Crippen LogP contribution in [0.15, 0.2) is 22.7 Å². The van der Waals surface area contributed by atoms with Crippen LogP contribution in [-0.4, -0.2) is 12.6 Å².